The van der Waals surface area contributed by atoms with Crippen LogP contribution in [0.25, 0.3) is 11.4 Å². The fourth-order valence-electron chi connectivity index (χ4n) is 3.64. The first-order valence-electron chi connectivity index (χ1n) is 9.39. The fourth-order valence-corrected chi connectivity index (χ4v) is 4.28. The van der Waals surface area contributed by atoms with E-state index in [4.69, 9.17) is 10.6 Å². The molecule has 2 aromatic heterocycles. The molecule has 3 rings (SSSR count). The molecule has 0 saturated heterocycles. The van der Waals surface area contributed by atoms with Gasteiger partial charge in [0.25, 0.3) is 0 Å². The molecule has 0 spiro atoms. The Morgan fingerprint density at radius 1 is 1.41 bits per heavy atom. The van der Waals surface area contributed by atoms with Crippen LogP contribution < -0.4 is 5.84 Å². The number of carbonyl (C=O) groups is 1. The summed E-state index contributed by atoms with van der Waals surface area (Å²) in [5.41, 5.74) is 0.776. The van der Waals surface area contributed by atoms with E-state index in [9.17, 15) is 4.79 Å². The predicted molar refractivity (Wildman–Crippen MR) is 105 cm³/mol. The number of ether oxygens (including phenoxy) is 1. The summed E-state index contributed by atoms with van der Waals surface area (Å²) in [5, 5.41) is 8.66. The van der Waals surface area contributed by atoms with Crippen molar-refractivity contribution in [2.24, 2.45) is 17.8 Å². The van der Waals surface area contributed by atoms with Crippen molar-refractivity contribution in [1.29, 1.82) is 0 Å². The first-order valence-corrected chi connectivity index (χ1v) is 10.4. The predicted octanol–water partition coefficient (Wildman–Crippen LogP) is 3.15. The van der Waals surface area contributed by atoms with Gasteiger partial charge in [0.05, 0.1) is 5.75 Å². The Hall–Kier alpha value is -2.09. The van der Waals surface area contributed by atoms with Crippen LogP contribution in [0.15, 0.2) is 29.7 Å². The largest absolute Gasteiger partial charge is 0.461 e. The highest BCUT2D eigenvalue weighted by atomic mass is 32.2. The van der Waals surface area contributed by atoms with Crippen LogP contribution in [0.4, 0.5) is 0 Å². The second kappa shape index (κ2) is 8.73. The maximum atomic E-state index is 12.4. The summed E-state index contributed by atoms with van der Waals surface area (Å²) in [7, 11) is 0. The molecular formula is C19H27N5O2S. The minimum absolute atomic E-state index is 0.00329. The van der Waals surface area contributed by atoms with Gasteiger partial charge in [-0.3, -0.25) is 9.78 Å². The minimum Gasteiger partial charge on any atom is -0.461 e. The molecule has 0 amide bonds. The molecule has 2 N–H and O–H groups in total. The maximum Gasteiger partial charge on any atom is 0.316 e. The molecule has 1 saturated carbocycles. The van der Waals surface area contributed by atoms with E-state index in [1.54, 1.807) is 12.4 Å². The van der Waals surface area contributed by atoms with Gasteiger partial charge in [-0.25, -0.2) is 4.68 Å². The molecule has 1 fully saturated rings. The third-order valence-electron chi connectivity index (χ3n) is 5.15. The lowest BCUT2D eigenvalue weighted by Gasteiger charge is -2.36. The highest BCUT2D eigenvalue weighted by Gasteiger charge is 2.33. The summed E-state index contributed by atoms with van der Waals surface area (Å²) in [6.45, 7) is 6.63. The van der Waals surface area contributed by atoms with Gasteiger partial charge >= 0.3 is 5.97 Å². The number of thioether (sulfide) groups is 1. The Bertz CT molecular complexity index is 765. The average molecular weight is 390 g/mol. The van der Waals surface area contributed by atoms with Crippen LogP contribution in [-0.2, 0) is 9.53 Å². The van der Waals surface area contributed by atoms with Crippen molar-refractivity contribution in [2.75, 3.05) is 11.6 Å². The van der Waals surface area contributed by atoms with Crippen molar-refractivity contribution in [2.45, 2.75) is 51.3 Å². The Labute approximate surface area is 164 Å². The molecule has 0 aliphatic heterocycles. The number of aromatic nitrogens is 4. The quantitative estimate of drug-likeness (QED) is 0.460. The molecule has 3 atom stereocenters. The smallest absolute Gasteiger partial charge is 0.316 e. The van der Waals surface area contributed by atoms with Crippen LogP contribution in [0.5, 0.6) is 0 Å². The normalized spacial score (nSPS) is 22.7. The van der Waals surface area contributed by atoms with E-state index >= 15 is 0 Å². The second-order valence-corrected chi connectivity index (χ2v) is 8.50. The van der Waals surface area contributed by atoms with E-state index < -0.39 is 0 Å². The van der Waals surface area contributed by atoms with E-state index in [0.29, 0.717) is 28.7 Å². The number of hydrogen-bond donors (Lipinski definition) is 1. The van der Waals surface area contributed by atoms with Gasteiger partial charge in [-0.2, -0.15) is 0 Å². The number of nitrogens with zero attached hydrogens (tertiary/aromatic N) is 4. The third-order valence-corrected chi connectivity index (χ3v) is 6.06. The first kappa shape index (κ1) is 19.7. The Morgan fingerprint density at radius 3 is 2.93 bits per heavy atom. The van der Waals surface area contributed by atoms with Crippen LogP contribution in [0.2, 0.25) is 0 Å². The molecule has 146 valence electrons. The Morgan fingerprint density at radius 2 is 2.22 bits per heavy atom. The van der Waals surface area contributed by atoms with Crippen LogP contribution in [0.3, 0.4) is 0 Å². The summed E-state index contributed by atoms with van der Waals surface area (Å²) in [5.74, 6) is 8.07. The maximum absolute atomic E-state index is 12.4. The van der Waals surface area contributed by atoms with Crippen molar-refractivity contribution in [3.05, 3.63) is 24.5 Å². The third kappa shape index (κ3) is 4.80. The molecule has 0 unspecified atom stereocenters. The SMILES string of the molecule is CC(C)[C@H]1CC[C@@H](C)C[C@@H]1OC(=O)CSc1nnc(-c2cccnc2)n1N. The van der Waals surface area contributed by atoms with E-state index in [0.717, 1.165) is 18.4 Å². The standard InChI is InChI=1S/C19H27N5O2S/c1-12(2)15-7-6-13(3)9-16(15)26-17(25)11-27-19-23-22-18(24(19)20)14-5-4-8-21-10-14/h4-5,8,10,12-13,15-16H,6-7,9,11,20H2,1-3H3/t13-,15-,16+/m1/s1. The number of hydrogen-bond acceptors (Lipinski definition) is 7. The lowest BCUT2D eigenvalue weighted by Crippen LogP contribution is -2.36. The van der Waals surface area contributed by atoms with Gasteiger partial charge in [0.1, 0.15) is 6.10 Å². The molecule has 2 heterocycles. The molecule has 2 aromatic rings. The molecule has 8 heteroatoms. The van der Waals surface area contributed by atoms with Crippen LogP contribution in [-0.4, -0.2) is 37.7 Å². The van der Waals surface area contributed by atoms with Crippen molar-refractivity contribution >= 4 is 17.7 Å². The van der Waals surface area contributed by atoms with Crippen molar-refractivity contribution in [3.8, 4) is 11.4 Å². The number of esters is 1. The van der Waals surface area contributed by atoms with E-state index in [1.807, 2.05) is 12.1 Å². The Kier molecular flexibility index (Phi) is 6.36. The molecule has 0 bridgehead atoms. The van der Waals surface area contributed by atoms with Crippen molar-refractivity contribution < 1.29 is 9.53 Å². The average Bonchev–Trinajstić information content (AvgIpc) is 3.01. The van der Waals surface area contributed by atoms with Gasteiger partial charge < -0.3 is 10.6 Å². The minimum atomic E-state index is -0.226. The first-order chi connectivity index (χ1) is 13.0. The molecule has 1 aliphatic rings. The lowest BCUT2D eigenvalue weighted by molar-refractivity contribution is -0.152. The zero-order valence-electron chi connectivity index (χ0n) is 16.0. The number of nitrogens with two attached hydrogens (primary N) is 1. The zero-order chi connectivity index (χ0) is 19.4. The summed E-state index contributed by atoms with van der Waals surface area (Å²) < 4.78 is 7.20. The highest BCUT2D eigenvalue weighted by Crippen LogP contribution is 2.35. The number of nitrogen functional groups attached to an aromatic ring is 1. The van der Waals surface area contributed by atoms with Crippen LogP contribution in [0, 0.1) is 17.8 Å². The van der Waals surface area contributed by atoms with E-state index in [-0.39, 0.29) is 17.8 Å². The molecule has 0 aromatic carbocycles. The Balaban J connectivity index is 1.58. The number of carbonyl (C=O) groups excluding carboxylic acids is 1. The molecule has 27 heavy (non-hydrogen) atoms. The van der Waals surface area contributed by atoms with Crippen LogP contribution in [0.1, 0.15) is 40.0 Å². The fraction of sp³-hybridized carbons (Fsp3) is 0.579. The van der Waals surface area contributed by atoms with Crippen molar-refractivity contribution in [1.82, 2.24) is 19.9 Å². The highest BCUT2D eigenvalue weighted by molar-refractivity contribution is 7.99. The van der Waals surface area contributed by atoms with Gasteiger partial charge in [0.15, 0.2) is 5.82 Å². The van der Waals surface area contributed by atoms with Gasteiger partial charge in [-0.15, -0.1) is 10.2 Å². The second-order valence-electron chi connectivity index (χ2n) is 7.56. The van der Waals surface area contributed by atoms with E-state index in [2.05, 4.69) is 36.0 Å². The summed E-state index contributed by atoms with van der Waals surface area (Å²) in [6, 6.07) is 3.67. The van der Waals surface area contributed by atoms with E-state index in [1.165, 1.54) is 22.9 Å². The number of rotatable bonds is 6. The topological polar surface area (TPSA) is 95.9 Å². The summed E-state index contributed by atoms with van der Waals surface area (Å²) in [4.78, 5) is 16.5. The van der Waals surface area contributed by atoms with Gasteiger partial charge in [0.2, 0.25) is 5.16 Å². The zero-order valence-corrected chi connectivity index (χ0v) is 16.9. The molecule has 7 nitrogen and oxygen atoms in total. The molecular weight excluding hydrogens is 362 g/mol. The summed E-state index contributed by atoms with van der Waals surface area (Å²) >= 11 is 1.24. The van der Waals surface area contributed by atoms with Crippen molar-refractivity contribution in [3.63, 3.8) is 0 Å². The van der Waals surface area contributed by atoms with Gasteiger partial charge in [0, 0.05) is 18.0 Å². The number of pyridine rings is 1. The van der Waals surface area contributed by atoms with Gasteiger partial charge in [-0.05, 0) is 42.7 Å². The summed E-state index contributed by atoms with van der Waals surface area (Å²) in [6.07, 6.45) is 6.63. The molecule has 0 radical (unpaired) electrons. The van der Waals surface area contributed by atoms with Gasteiger partial charge in [-0.1, -0.05) is 39.0 Å². The molecule has 1 aliphatic carbocycles. The van der Waals surface area contributed by atoms with Crippen LogP contribution >= 0.6 is 11.8 Å². The monoisotopic (exact) mass is 389 g/mol. The lowest BCUT2D eigenvalue weighted by atomic mass is 9.75.